The van der Waals surface area contributed by atoms with Gasteiger partial charge in [0, 0.05) is 5.69 Å². The number of ether oxygens (including phenoxy) is 1. The molecule has 142 valence electrons. The SMILES string of the molecule is Cc1cc(C)cc(NC(=O)COC(=O)CN2C(=O)[C@@H]3CC=CC[C@H]3C2=O)c1. The zero-order chi connectivity index (χ0) is 19.6. The Balaban J connectivity index is 1.50. The number of carbonyl (C=O) groups is 4. The van der Waals surface area contributed by atoms with Crippen LogP contribution in [0.25, 0.3) is 0 Å². The molecule has 3 amide bonds. The van der Waals surface area contributed by atoms with Gasteiger partial charge < -0.3 is 10.1 Å². The smallest absolute Gasteiger partial charge is 0.326 e. The highest BCUT2D eigenvalue weighted by atomic mass is 16.5. The number of esters is 1. The zero-order valence-electron chi connectivity index (χ0n) is 15.4. The fraction of sp³-hybridized carbons (Fsp3) is 0.400. The minimum absolute atomic E-state index is 0.342. The number of imide groups is 1. The van der Waals surface area contributed by atoms with Gasteiger partial charge in [-0.15, -0.1) is 0 Å². The van der Waals surface area contributed by atoms with E-state index in [0.717, 1.165) is 16.0 Å². The summed E-state index contributed by atoms with van der Waals surface area (Å²) >= 11 is 0. The fourth-order valence-electron chi connectivity index (χ4n) is 3.59. The Bertz CT molecular complexity index is 783. The summed E-state index contributed by atoms with van der Waals surface area (Å²) < 4.78 is 4.94. The molecule has 0 spiro atoms. The topological polar surface area (TPSA) is 92.8 Å². The van der Waals surface area contributed by atoms with Gasteiger partial charge in [-0.05, 0) is 49.9 Å². The standard InChI is InChI=1S/C20H22N2O5/c1-12-7-13(2)9-14(8-12)21-17(23)11-27-18(24)10-22-19(25)15-5-3-4-6-16(15)20(22)26/h3-4,7-9,15-16H,5-6,10-11H2,1-2H3,(H,21,23)/t15-,16-/m1/s1. The molecule has 1 aromatic carbocycles. The number of anilines is 1. The normalized spacial score (nSPS) is 21.2. The van der Waals surface area contributed by atoms with Crippen molar-refractivity contribution in [2.75, 3.05) is 18.5 Å². The van der Waals surface area contributed by atoms with Gasteiger partial charge in [0.15, 0.2) is 6.61 Å². The first kappa shape index (κ1) is 18.8. The molecule has 1 aliphatic carbocycles. The molecule has 3 rings (SSSR count). The van der Waals surface area contributed by atoms with Crippen LogP contribution in [0.5, 0.6) is 0 Å². The molecule has 1 saturated heterocycles. The third-order valence-electron chi connectivity index (χ3n) is 4.76. The van der Waals surface area contributed by atoms with Crippen molar-refractivity contribution < 1.29 is 23.9 Å². The van der Waals surface area contributed by atoms with E-state index in [-0.39, 0.29) is 23.7 Å². The number of hydrogen-bond acceptors (Lipinski definition) is 5. The first-order chi connectivity index (χ1) is 12.8. The largest absolute Gasteiger partial charge is 0.454 e. The number of nitrogens with zero attached hydrogens (tertiary/aromatic N) is 1. The quantitative estimate of drug-likeness (QED) is 0.484. The van der Waals surface area contributed by atoms with Gasteiger partial charge in [-0.25, -0.2) is 0 Å². The van der Waals surface area contributed by atoms with E-state index in [9.17, 15) is 19.2 Å². The van der Waals surface area contributed by atoms with Crippen LogP contribution in [0.1, 0.15) is 24.0 Å². The van der Waals surface area contributed by atoms with Gasteiger partial charge in [-0.3, -0.25) is 24.1 Å². The second-order valence-corrected chi connectivity index (χ2v) is 7.00. The number of likely N-dealkylation sites (tertiary alicyclic amines) is 1. The van der Waals surface area contributed by atoms with Crippen LogP contribution in [0.4, 0.5) is 5.69 Å². The van der Waals surface area contributed by atoms with E-state index < -0.39 is 25.0 Å². The van der Waals surface area contributed by atoms with Crippen LogP contribution in [-0.4, -0.2) is 41.7 Å². The van der Waals surface area contributed by atoms with Gasteiger partial charge in [0.05, 0.1) is 11.8 Å². The Hall–Kier alpha value is -2.96. The highest BCUT2D eigenvalue weighted by Crippen LogP contribution is 2.34. The van der Waals surface area contributed by atoms with Crippen molar-refractivity contribution in [3.05, 3.63) is 41.5 Å². The van der Waals surface area contributed by atoms with E-state index in [4.69, 9.17) is 4.74 Å². The van der Waals surface area contributed by atoms with Crippen molar-refractivity contribution in [2.45, 2.75) is 26.7 Å². The summed E-state index contributed by atoms with van der Waals surface area (Å²) in [4.78, 5) is 49.5. The van der Waals surface area contributed by atoms with Gasteiger partial charge in [0.25, 0.3) is 5.91 Å². The van der Waals surface area contributed by atoms with Crippen LogP contribution in [-0.2, 0) is 23.9 Å². The van der Waals surface area contributed by atoms with E-state index in [1.165, 1.54) is 0 Å². The van der Waals surface area contributed by atoms with Crippen molar-refractivity contribution in [3.63, 3.8) is 0 Å². The minimum atomic E-state index is -0.779. The molecule has 1 aromatic rings. The number of benzene rings is 1. The summed E-state index contributed by atoms with van der Waals surface area (Å²) in [6.45, 7) is 2.90. The Morgan fingerprint density at radius 1 is 1.04 bits per heavy atom. The van der Waals surface area contributed by atoms with E-state index >= 15 is 0 Å². The fourth-order valence-corrected chi connectivity index (χ4v) is 3.59. The van der Waals surface area contributed by atoms with Crippen molar-refractivity contribution >= 4 is 29.4 Å². The Morgan fingerprint density at radius 2 is 1.59 bits per heavy atom. The maximum Gasteiger partial charge on any atom is 0.326 e. The second kappa shape index (κ2) is 7.73. The van der Waals surface area contributed by atoms with Crippen molar-refractivity contribution in [1.82, 2.24) is 4.90 Å². The lowest BCUT2D eigenvalue weighted by Gasteiger charge is -2.14. The molecule has 2 atom stereocenters. The molecular weight excluding hydrogens is 348 g/mol. The molecule has 0 unspecified atom stereocenters. The van der Waals surface area contributed by atoms with Crippen molar-refractivity contribution in [3.8, 4) is 0 Å². The summed E-state index contributed by atoms with van der Waals surface area (Å²) in [6, 6.07) is 5.60. The summed E-state index contributed by atoms with van der Waals surface area (Å²) in [6.07, 6.45) is 4.79. The number of rotatable bonds is 5. The highest BCUT2D eigenvalue weighted by molar-refractivity contribution is 6.07. The lowest BCUT2D eigenvalue weighted by molar-refractivity contribution is -0.154. The molecule has 0 aromatic heterocycles. The third-order valence-corrected chi connectivity index (χ3v) is 4.76. The zero-order valence-corrected chi connectivity index (χ0v) is 15.4. The van der Waals surface area contributed by atoms with Crippen LogP contribution in [0.2, 0.25) is 0 Å². The summed E-state index contributed by atoms with van der Waals surface area (Å²) in [5.74, 6) is -2.72. The predicted molar refractivity (Wildman–Crippen MR) is 97.6 cm³/mol. The first-order valence-corrected chi connectivity index (χ1v) is 8.89. The molecule has 27 heavy (non-hydrogen) atoms. The molecule has 1 aliphatic heterocycles. The van der Waals surface area contributed by atoms with Crippen molar-refractivity contribution in [2.24, 2.45) is 11.8 Å². The van der Waals surface area contributed by atoms with E-state index in [2.05, 4.69) is 5.32 Å². The Kier molecular flexibility index (Phi) is 5.39. The maximum atomic E-state index is 12.3. The number of fused-ring (bicyclic) bond motifs is 1. The molecule has 0 radical (unpaired) electrons. The van der Waals surface area contributed by atoms with Crippen molar-refractivity contribution in [1.29, 1.82) is 0 Å². The summed E-state index contributed by atoms with van der Waals surface area (Å²) in [7, 11) is 0. The predicted octanol–water partition coefficient (Wildman–Crippen LogP) is 1.74. The van der Waals surface area contributed by atoms with E-state index in [1.807, 2.05) is 44.2 Å². The number of amides is 3. The second-order valence-electron chi connectivity index (χ2n) is 7.00. The van der Waals surface area contributed by atoms with Gasteiger partial charge >= 0.3 is 5.97 Å². The molecule has 1 N–H and O–H groups in total. The van der Waals surface area contributed by atoms with Gasteiger partial charge in [0.2, 0.25) is 11.8 Å². The average molecular weight is 370 g/mol. The number of hydrogen-bond donors (Lipinski definition) is 1. The van der Waals surface area contributed by atoms with Gasteiger partial charge in [-0.1, -0.05) is 18.2 Å². The Morgan fingerprint density at radius 3 is 2.15 bits per heavy atom. The van der Waals surface area contributed by atoms with Crippen LogP contribution in [0, 0.1) is 25.7 Å². The van der Waals surface area contributed by atoms with Crippen LogP contribution >= 0.6 is 0 Å². The van der Waals surface area contributed by atoms with Crippen LogP contribution in [0.3, 0.4) is 0 Å². The molecule has 1 fully saturated rings. The number of nitrogens with one attached hydrogen (secondary N) is 1. The highest BCUT2D eigenvalue weighted by Gasteiger charge is 2.47. The molecule has 0 bridgehead atoms. The lowest BCUT2D eigenvalue weighted by Crippen LogP contribution is -2.37. The number of allylic oxidation sites excluding steroid dienone is 2. The molecule has 1 heterocycles. The van der Waals surface area contributed by atoms with Gasteiger partial charge in [-0.2, -0.15) is 0 Å². The maximum absolute atomic E-state index is 12.3. The summed E-state index contributed by atoms with van der Waals surface area (Å²) in [5, 5.41) is 2.66. The van der Waals surface area contributed by atoms with Gasteiger partial charge in [0.1, 0.15) is 6.54 Å². The van der Waals surface area contributed by atoms with E-state index in [0.29, 0.717) is 18.5 Å². The molecule has 7 nitrogen and oxygen atoms in total. The monoisotopic (exact) mass is 370 g/mol. The molecule has 2 aliphatic rings. The third kappa shape index (κ3) is 4.24. The lowest BCUT2D eigenvalue weighted by atomic mass is 9.85. The molecule has 7 heteroatoms. The minimum Gasteiger partial charge on any atom is -0.454 e. The number of aryl methyl sites for hydroxylation is 2. The Labute approximate surface area is 157 Å². The first-order valence-electron chi connectivity index (χ1n) is 8.89. The molecular formula is C20H22N2O5. The number of carbonyl (C=O) groups excluding carboxylic acids is 4. The summed E-state index contributed by atoms with van der Waals surface area (Å²) in [5.41, 5.74) is 2.63. The van der Waals surface area contributed by atoms with Crippen LogP contribution in [0.15, 0.2) is 30.4 Å². The average Bonchev–Trinajstić information content (AvgIpc) is 2.84. The van der Waals surface area contributed by atoms with E-state index in [1.54, 1.807) is 0 Å². The molecule has 0 saturated carbocycles. The van der Waals surface area contributed by atoms with Crippen LogP contribution < -0.4 is 5.32 Å².